The molecule has 3 heterocycles. The van der Waals surface area contributed by atoms with Crippen molar-refractivity contribution >= 4 is 22.7 Å². The first-order valence-electron chi connectivity index (χ1n) is 9.98. The maximum absolute atomic E-state index is 13.2. The minimum Gasteiger partial charge on any atom is -0.376 e. The van der Waals surface area contributed by atoms with Crippen LogP contribution in [0.15, 0.2) is 70.7 Å². The summed E-state index contributed by atoms with van der Waals surface area (Å²) >= 11 is 1.50. The summed E-state index contributed by atoms with van der Waals surface area (Å²) in [7, 11) is 0. The lowest BCUT2D eigenvalue weighted by Gasteiger charge is -2.16. The van der Waals surface area contributed by atoms with E-state index in [9.17, 15) is 4.79 Å². The average Bonchev–Trinajstić information content (AvgIpc) is 3.47. The first kappa shape index (κ1) is 19.0. The van der Waals surface area contributed by atoms with Crippen molar-refractivity contribution in [3.8, 4) is 5.69 Å². The van der Waals surface area contributed by atoms with Crippen LogP contribution in [0.3, 0.4) is 0 Å². The van der Waals surface area contributed by atoms with Crippen molar-refractivity contribution in [3.05, 3.63) is 76.8 Å². The Labute approximate surface area is 177 Å². The molecule has 4 aromatic rings. The van der Waals surface area contributed by atoms with Gasteiger partial charge in [0.1, 0.15) is 0 Å². The molecule has 1 aliphatic heterocycles. The maximum atomic E-state index is 13.2. The summed E-state index contributed by atoms with van der Waals surface area (Å²) < 4.78 is 7.53. The van der Waals surface area contributed by atoms with Crippen LogP contribution in [0.1, 0.15) is 18.5 Å². The second-order valence-electron chi connectivity index (χ2n) is 7.21. The van der Waals surface area contributed by atoms with E-state index < -0.39 is 0 Å². The molecule has 1 atom stereocenters. The Hall–Kier alpha value is -2.97. The monoisotopic (exact) mass is 419 g/mol. The number of fused-ring (bicyclic) bond motifs is 1. The predicted molar refractivity (Wildman–Crippen MR) is 116 cm³/mol. The van der Waals surface area contributed by atoms with Gasteiger partial charge in [0, 0.05) is 12.4 Å². The average molecular weight is 420 g/mol. The van der Waals surface area contributed by atoms with Crippen molar-refractivity contribution < 1.29 is 4.74 Å². The largest absolute Gasteiger partial charge is 0.376 e. The third-order valence-electron chi connectivity index (χ3n) is 5.11. The Morgan fingerprint density at radius 2 is 1.93 bits per heavy atom. The Balaban J connectivity index is 1.43. The van der Waals surface area contributed by atoms with Crippen LogP contribution >= 0.6 is 11.8 Å². The third-order valence-corrected chi connectivity index (χ3v) is 6.12. The molecule has 8 heteroatoms. The van der Waals surface area contributed by atoms with Gasteiger partial charge in [0.2, 0.25) is 0 Å². The molecular weight excluding hydrogens is 398 g/mol. The molecule has 0 radical (unpaired) electrons. The van der Waals surface area contributed by atoms with Gasteiger partial charge in [-0.15, -0.1) is 0 Å². The Morgan fingerprint density at radius 1 is 1.10 bits per heavy atom. The zero-order chi connectivity index (χ0) is 20.3. The van der Waals surface area contributed by atoms with Crippen molar-refractivity contribution in [3.63, 3.8) is 0 Å². The van der Waals surface area contributed by atoms with Crippen molar-refractivity contribution in [2.75, 3.05) is 6.61 Å². The fourth-order valence-electron chi connectivity index (χ4n) is 3.60. The quantitative estimate of drug-likeness (QED) is 0.352. The SMILES string of the molecule is O=c1c2ccccc2nc(SCc2cnn(-c3ccccc3)n2)n1CC1CCCO1. The van der Waals surface area contributed by atoms with Crippen molar-refractivity contribution in [1.82, 2.24) is 24.5 Å². The molecule has 1 aliphatic rings. The minimum absolute atomic E-state index is 0.0217. The number of nitrogens with zero attached hydrogens (tertiary/aromatic N) is 5. The van der Waals surface area contributed by atoms with Gasteiger partial charge in [-0.05, 0) is 37.1 Å². The molecule has 1 fully saturated rings. The highest BCUT2D eigenvalue weighted by Gasteiger charge is 2.20. The van der Waals surface area contributed by atoms with Crippen LogP contribution in [0.5, 0.6) is 0 Å². The summed E-state index contributed by atoms with van der Waals surface area (Å²) in [5.74, 6) is 0.573. The van der Waals surface area contributed by atoms with Gasteiger partial charge in [-0.25, -0.2) is 4.98 Å². The molecule has 152 valence electrons. The zero-order valence-corrected chi connectivity index (χ0v) is 17.2. The summed E-state index contributed by atoms with van der Waals surface area (Å²) in [5, 5.41) is 10.2. The van der Waals surface area contributed by atoms with Crippen LogP contribution < -0.4 is 5.56 Å². The summed E-state index contributed by atoms with van der Waals surface area (Å²) in [4.78, 5) is 19.5. The summed E-state index contributed by atoms with van der Waals surface area (Å²) in [6.45, 7) is 1.28. The first-order chi connectivity index (χ1) is 14.8. The Morgan fingerprint density at radius 3 is 2.77 bits per heavy atom. The van der Waals surface area contributed by atoms with Gasteiger partial charge >= 0.3 is 0 Å². The van der Waals surface area contributed by atoms with Crippen molar-refractivity contribution in [2.24, 2.45) is 0 Å². The number of hydrogen-bond acceptors (Lipinski definition) is 6. The van der Waals surface area contributed by atoms with Gasteiger partial charge in [0.15, 0.2) is 5.16 Å². The summed E-state index contributed by atoms with van der Waals surface area (Å²) in [6, 6.07) is 17.3. The number of rotatable bonds is 6. The number of ether oxygens (including phenoxy) is 1. The molecule has 2 aromatic heterocycles. The van der Waals surface area contributed by atoms with E-state index in [0.29, 0.717) is 28.4 Å². The van der Waals surface area contributed by atoms with E-state index in [-0.39, 0.29) is 11.7 Å². The summed E-state index contributed by atoms with van der Waals surface area (Å²) in [5.41, 5.74) is 2.43. The van der Waals surface area contributed by atoms with Crippen LogP contribution in [0.4, 0.5) is 0 Å². The zero-order valence-electron chi connectivity index (χ0n) is 16.3. The molecule has 1 saturated heterocycles. The summed E-state index contributed by atoms with van der Waals surface area (Å²) in [6.07, 6.45) is 3.81. The molecular formula is C22H21N5O2S. The molecule has 2 aromatic carbocycles. The Bertz CT molecular complexity index is 1220. The van der Waals surface area contributed by atoms with Gasteiger partial charge in [0.05, 0.1) is 41.1 Å². The molecule has 7 nitrogen and oxygen atoms in total. The molecule has 0 N–H and O–H groups in total. The molecule has 0 saturated carbocycles. The Kier molecular flexibility index (Phi) is 5.33. The van der Waals surface area contributed by atoms with Crippen LogP contribution in [0, 0.1) is 0 Å². The van der Waals surface area contributed by atoms with E-state index in [1.54, 1.807) is 15.6 Å². The fourth-order valence-corrected chi connectivity index (χ4v) is 4.48. The van der Waals surface area contributed by atoms with Gasteiger partial charge in [-0.1, -0.05) is 42.1 Å². The normalized spacial score (nSPS) is 16.3. The number of para-hydroxylation sites is 2. The van der Waals surface area contributed by atoms with E-state index in [1.165, 1.54) is 11.8 Å². The molecule has 0 aliphatic carbocycles. The lowest BCUT2D eigenvalue weighted by Crippen LogP contribution is -2.28. The highest BCUT2D eigenvalue weighted by Crippen LogP contribution is 2.23. The highest BCUT2D eigenvalue weighted by atomic mass is 32.2. The second-order valence-corrected chi connectivity index (χ2v) is 8.15. The van der Waals surface area contributed by atoms with Gasteiger partial charge in [0.25, 0.3) is 5.56 Å². The van der Waals surface area contributed by atoms with Gasteiger partial charge < -0.3 is 4.74 Å². The van der Waals surface area contributed by atoms with Crippen molar-refractivity contribution in [2.45, 2.75) is 36.4 Å². The van der Waals surface area contributed by atoms with E-state index in [4.69, 9.17) is 9.72 Å². The van der Waals surface area contributed by atoms with E-state index in [0.717, 1.165) is 30.8 Å². The topological polar surface area (TPSA) is 74.8 Å². The number of hydrogen-bond donors (Lipinski definition) is 0. The van der Waals surface area contributed by atoms with E-state index in [2.05, 4.69) is 10.2 Å². The lowest BCUT2D eigenvalue weighted by atomic mass is 10.2. The lowest BCUT2D eigenvalue weighted by molar-refractivity contribution is 0.0937. The van der Waals surface area contributed by atoms with E-state index >= 15 is 0 Å². The molecule has 0 spiro atoms. The fraction of sp³-hybridized carbons (Fsp3) is 0.273. The smallest absolute Gasteiger partial charge is 0.262 e. The number of thioether (sulfide) groups is 1. The predicted octanol–water partition coefficient (Wildman–Crippen LogP) is 3.45. The molecule has 0 amide bonds. The van der Waals surface area contributed by atoms with Crippen LogP contribution in [-0.4, -0.2) is 37.3 Å². The number of aromatic nitrogens is 5. The minimum atomic E-state index is -0.0217. The van der Waals surface area contributed by atoms with Gasteiger partial charge in [-0.2, -0.15) is 15.0 Å². The molecule has 1 unspecified atom stereocenters. The van der Waals surface area contributed by atoms with E-state index in [1.807, 2.05) is 54.6 Å². The number of benzene rings is 2. The van der Waals surface area contributed by atoms with Crippen LogP contribution in [0.2, 0.25) is 0 Å². The first-order valence-corrected chi connectivity index (χ1v) is 11.0. The van der Waals surface area contributed by atoms with Gasteiger partial charge in [-0.3, -0.25) is 9.36 Å². The molecule has 0 bridgehead atoms. The van der Waals surface area contributed by atoms with Crippen molar-refractivity contribution in [1.29, 1.82) is 0 Å². The van der Waals surface area contributed by atoms with Crippen LogP contribution in [-0.2, 0) is 17.0 Å². The maximum Gasteiger partial charge on any atom is 0.262 e. The molecule has 5 rings (SSSR count). The highest BCUT2D eigenvalue weighted by molar-refractivity contribution is 7.98. The second kappa shape index (κ2) is 8.41. The van der Waals surface area contributed by atoms with Crippen LogP contribution in [0.25, 0.3) is 16.6 Å². The standard InChI is InChI=1S/C22H21N5O2S/c28-21-19-10-4-5-11-20(19)24-22(26(21)14-18-9-6-12-29-18)30-15-16-13-23-27(25-16)17-7-2-1-3-8-17/h1-5,7-8,10-11,13,18H,6,9,12,14-15H2. The third kappa shape index (κ3) is 3.88. The molecule has 30 heavy (non-hydrogen) atoms.